The van der Waals surface area contributed by atoms with Crippen LogP contribution in [0.1, 0.15) is 36.9 Å². The maximum Gasteiger partial charge on any atom is 0.183 e. The van der Waals surface area contributed by atoms with Crippen LogP contribution in [0, 0.1) is 23.0 Å². The first kappa shape index (κ1) is 24.0. The van der Waals surface area contributed by atoms with E-state index >= 15 is 0 Å². The Kier molecular flexibility index (Phi) is 6.01. The molecule has 1 spiro atoms. The lowest BCUT2D eigenvalue weighted by atomic mass is 9.73. The average Bonchev–Trinajstić information content (AvgIpc) is 3.12. The Balaban J connectivity index is 1.36. The highest BCUT2D eigenvalue weighted by atomic mass is 35.5. The number of benzene rings is 1. The molecule has 0 amide bonds. The van der Waals surface area contributed by atoms with E-state index in [2.05, 4.69) is 9.98 Å². The Morgan fingerprint density at radius 1 is 1.17 bits per heavy atom. The van der Waals surface area contributed by atoms with Gasteiger partial charge in [0.2, 0.25) is 0 Å². The van der Waals surface area contributed by atoms with Crippen molar-refractivity contribution in [1.82, 2.24) is 9.88 Å². The summed E-state index contributed by atoms with van der Waals surface area (Å²) in [5.41, 5.74) is 18.7. The number of ketones is 1. The number of carbonyl (C=O) groups excluding carboxylic acids is 1. The number of Topliss-reactive ketones (excluding diaryl/α,β-unsaturated/α-hetero) is 1. The second kappa shape index (κ2) is 8.76. The van der Waals surface area contributed by atoms with Crippen LogP contribution in [0.3, 0.4) is 0 Å². The van der Waals surface area contributed by atoms with Gasteiger partial charge in [-0.25, -0.2) is 18.8 Å². The van der Waals surface area contributed by atoms with Crippen LogP contribution in [0.5, 0.6) is 0 Å². The topological polar surface area (TPSA) is 124 Å². The van der Waals surface area contributed by atoms with Crippen molar-refractivity contribution in [2.24, 2.45) is 27.8 Å². The molecule has 11 heteroatoms. The van der Waals surface area contributed by atoms with Gasteiger partial charge in [-0.1, -0.05) is 23.4 Å². The zero-order chi connectivity index (χ0) is 25.1. The number of hydrogen-bond donors (Lipinski definition) is 3. The highest BCUT2D eigenvalue weighted by Gasteiger charge is 2.49. The highest BCUT2D eigenvalue weighted by Crippen LogP contribution is 2.52. The van der Waals surface area contributed by atoms with E-state index in [1.54, 1.807) is 13.0 Å². The number of fused-ring (bicyclic) bond motifs is 1. The summed E-state index contributed by atoms with van der Waals surface area (Å²) >= 11 is 7.36. The maximum absolute atomic E-state index is 14.5. The molecule has 2 atom stereocenters. The number of rotatable bonds is 2. The molecule has 2 aliphatic heterocycles. The summed E-state index contributed by atoms with van der Waals surface area (Å²) in [5.74, 6) is -0.651. The number of nitrogens with two attached hydrogens (primary N) is 3. The van der Waals surface area contributed by atoms with E-state index in [4.69, 9.17) is 28.8 Å². The molecule has 2 aromatic rings. The number of halogens is 3. The minimum Gasteiger partial charge on any atom is -0.383 e. The summed E-state index contributed by atoms with van der Waals surface area (Å²) in [4.78, 5) is 24.7. The fourth-order valence-corrected chi connectivity index (χ4v) is 6.55. The molecule has 3 heterocycles. The third-order valence-electron chi connectivity index (χ3n) is 7.39. The third-order valence-corrected chi connectivity index (χ3v) is 9.08. The van der Waals surface area contributed by atoms with Gasteiger partial charge in [0, 0.05) is 35.8 Å². The van der Waals surface area contributed by atoms with Crippen molar-refractivity contribution in [2.75, 3.05) is 18.8 Å². The minimum atomic E-state index is -0.576. The van der Waals surface area contributed by atoms with Gasteiger partial charge in [-0.3, -0.25) is 4.79 Å². The highest BCUT2D eigenvalue weighted by molar-refractivity contribution is 8.04. The van der Waals surface area contributed by atoms with Crippen LogP contribution in [-0.4, -0.2) is 34.6 Å². The standard InChI is InChI=1S/C24H25ClF2N6OS/c1-11-18(34)19(35-15-4-7-31-21(29)17(15)25)22(30)32-23(11)33-8-5-24(6-9-33)10-12-13(26)2-3-14(27)16(12)20(24)28/h2-4,7,11,20H,5-6,8-10,28,30H2,1H3,(H2,29,31)/t11-,20?/m1/s1. The smallest absolute Gasteiger partial charge is 0.183 e. The van der Waals surface area contributed by atoms with Gasteiger partial charge in [0.05, 0.1) is 15.8 Å². The van der Waals surface area contributed by atoms with Gasteiger partial charge in [-0.15, -0.1) is 0 Å². The molecular weight excluding hydrogens is 494 g/mol. The molecule has 0 radical (unpaired) electrons. The molecule has 7 nitrogen and oxygen atoms in total. The number of hydrogen-bond acceptors (Lipinski definition) is 8. The Morgan fingerprint density at radius 3 is 2.54 bits per heavy atom. The number of allylic oxidation sites excluding steroid dienone is 1. The molecule has 1 aromatic heterocycles. The van der Waals surface area contributed by atoms with Crippen LogP contribution in [0.2, 0.25) is 5.02 Å². The number of anilines is 1. The molecular formula is C24H25ClF2N6OS. The second-order valence-electron chi connectivity index (χ2n) is 9.31. The van der Waals surface area contributed by atoms with Gasteiger partial charge in [0.25, 0.3) is 0 Å². The molecule has 1 aromatic carbocycles. The number of likely N-dealkylation sites (tertiary alicyclic amines) is 1. The number of thioether (sulfide) groups is 1. The van der Waals surface area contributed by atoms with Crippen LogP contribution in [0.25, 0.3) is 0 Å². The van der Waals surface area contributed by atoms with Crippen LogP contribution in [0.4, 0.5) is 14.6 Å². The molecule has 5 rings (SSSR count). The van der Waals surface area contributed by atoms with Gasteiger partial charge in [-0.2, -0.15) is 0 Å². The minimum absolute atomic E-state index is 0.119. The molecule has 184 valence electrons. The number of amidine groups is 1. The quantitative estimate of drug-likeness (QED) is 0.552. The van der Waals surface area contributed by atoms with E-state index in [0.29, 0.717) is 59.1 Å². The Labute approximate surface area is 210 Å². The lowest BCUT2D eigenvalue weighted by Crippen LogP contribution is -2.49. The Hall–Kier alpha value is -2.69. The molecule has 1 unspecified atom stereocenters. The number of piperidine rings is 1. The Morgan fingerprint density at radius 2 is 1.86 bits per heavy atom. The fraction of sp³-hybridized carbons (Fsp3) is 0.375. The van der Waals surface area contributed by atoms with Crippen LogP contribution >= 0.6 is 23.4 Å². The maximum atomic E-state index is 14.5. The van der Waals surface area contributed by atoms with Crippen molar-refractivity contribution in [2.45, 2.75) is 37.1 Å². The SMILES string of the molecule is C[C@@H]1C(=O)C(Sc2ccnc(N)c2Cl)=C(N)N=C1N1CCC2(CC1)Cc1c(F)ccc(F)c1C2N. The number of pyridine rings is 1. The molecule has 0 bridgehead atoms. The van der Waals surface area contributed by atoms with Crippen molar-refractivity contribution in [3.8, 4) is 0 Å². The summed E-state index contributed by atoms with van der Waals surface area (Å²) in [6, 6.07) is 3.40. The third kappa shape index (κ3) is 3.88. The first-order valence-corrected chi connectivity index (χ1v) is 12.5. The van der Waals surface area contributed by atoms with Crippen LogP contribution in [0.15, 0.2) is 45.0 Å². The number of nitrogens with zero attached hydrogens (tertiary/aromatic N) is 3. The molecule has 1 fully saturated rings. The Bertz CT molecular complexity index is 1290. The van der Waals surface area contributed by atoms with Gasteiger partial charge in [-0.05, 0) is 55.4 Å². The summed E-state index contributed by atoms with van der Waals surface area (Å²) in [7, 11) is 0. The predicted molar refractivity (Wildman–Crippen MR) is 133 cm³/mol. The van der Waals surface area contributed by atoms with Crippen molar-refractivity contribution in [1.29, 1.82) is 0 Å². The summed E-state index contributed by atoms with van der Waals surface area (Å²) in [6.07, 6.45) is 3.16. The largest absolute Gasteiger partial charge is 0.383 e. The van der Waals surface area contributed by atoms with Crippen LogP contribution in [-0.2, 0) is 11.2 Å². The molecule has 6 N–H and O–H groups in total. The van der Waals surface area contributed by atoms with Gasteiger partial charge in [0.1, 0.15) is 29.1 Å². The molecule has 3 aliphatic rings. The summed E-state index contributed by atoms with van der Waals surface area (Å²) < 4.78 is 28.8. The number of aromatic nitrogens is 1. The lowest BCUT2D eigenvalue weighted by Gasteiger charge is -2.44. The average molecular weight is 519 g/mol. The van der Waals surface area contributed by atoms with Crippen LogP contribution < -0.4 is 17.2 Å². The summed E-state index contributed by atoms with van der Waals surface area (Å²) in [6.45, 7) is 2.91. The zero-order valence-electron chi connectivity index (χ0n) is 19.0. The van der Waals surface area contributed by atoms with Gasteiger partial charge >= 0.3 is 0 Å². The number of carbonyl (C=O) groups is 1. The van der Waals surface area contributed by atoms with E-state index in [-0.39, 0.29) is 22.4 Å². The molecule has 1 aliphatic carbocycles. The first-order chi connectivity index (χ1) is 16.6. The zero-order valence-corrected chi connectivity index (χ0v) is 20.6. The second-order valence-corrected chi connectivity index (χ2v) is 10.7. The molecule has 1 saturated heterocycles. The van der Waals surface area contributed by atoms with E-state index in [1.807, 2.05) is 4.90 Å². The van der Waals surface area contributed by atoms with Gasteiger partial charge < -0.3 is 22.1 Å². The van der Waals surface area contributed by atoms with E-state index in [1.165, 1.54) is 6.20 Å². The predicted octanol–water partition coefficient (Wildman–Crippen LogP) is 3.77. The summed E-state index contributed by atoms with van der Waals surface area (Å²) in [5, 5.41) is 0.260. The van der Waals surface area contributed by atoms with E-state index < -0.39 is 29.0 Å². The fourth-order valence-electron chi connectivity index (χ4n) is 5.35. The monoisotopic (exact) mass is 518 g/mol. The number of aliphatic imine (C=N–C) groups is 1. The van der Waals surface area contributed by atoms with Crippen molar-refractivity contribution < 1.29 is 13.6 Å². The van der Waals surface area contributed by atoms with E-state index in [9.17, 15) is 13.6 Å². The van der Waals surface area contributed by atoms with Crippen molar-refractivity contribution in [3.63, 3.8) is 0 Å². The van der Waals surface area contributed by atoms with Crippen molar-refractivity contribution in [3.05, 3.63) is 62.9 Å². The number of nitrogen functional groups attached to an aromatic ring is 1. The normalized spacial score (nSPS) is 23.6. The van der Waals surface area contributed by atoms with Crippen molar-refractivity contribution >= 4 is 40.8 Å². The van der Waals surface area contributed by atoms with Gasteiger partial charge in [0.15, 0.2) is 5.78 Å². The molecule has 35 heavy (non-hydrogen) atoms. The van der Waals surface area contributed by atoms with E-state index in [0.717, 1.165) is 23.9 Å². The first-order valence-electron chi connectivity index (χ1n) is 11.3. The lowest BCUT2D eigenvalue weighted by molar-refractivity contribution is -0.116. The molecule has 0 saturated carbocycles.